The zero-order chi connectivity index (χ0) is 28.2. The number of likely N-dealkylation sites (N-methyl/N-ethyl adjacent to an activating group) is 1. The van der Waals surface area contributed by atoms with E-state index in [1.807, 2.05) is 31.1 Å². The summed E-state index contributed by atoms with van der Waals surface area (Å²) in [6.07, 6.45) is 4.03. The maximum absolute atomic E-state index is 15.0. The quantitative estimate of drug-likeness (QED) is 0.262. The molecule has 2 aromatic heterocycles. The first kappa shape index (κ1) is 27.6. The highest BCUT2D eigenvalue weighted by Crippen LogP contribution is 2.42. The van der Waals surface area contributed by atoms with Gasteiger partial charge < -0.3 is 25.1 Å². The SMILES string of the molecule is CN(C)CCN(C=O)c1ccc(-c2cc(F)cc(-c3cnc(-c4ccn[nH]4)c(N4CCNCC4)c3)c2O)cc1Cl. The molecule has 4 aromatic rings. The molecule has 1 aliphatic heterocycles. The maximum Gasteiger partial charge on any atom is 0.214 e. The first-order valence-electron chi connectivity index (χ1n) is 13.0. The largest absolute Gasteiger partial charge is 0.507 e. The Morgan fingerprint density at radius 1 is 1.07 bits per heavy atom. The van der Waals surface area contributed by atoms with Crippen LogP contribution in [0, 0.1) is 5.82 Å². The van der Waals surface area contributed by atoms with E-state index < -0.39 is 5.82 Å². The Morgan fingerprint density at radius 3 is 2.48 bits per heavy atom. The Bertz CT molecular complexity index is 1490. The molecule has 1 aliphatic rings. The Labute approximate surface area is 237 Å². The molecule has 3 heterocycles. The number of benzene rings is 2. The number of rotatable bonds is 9. The second kappa shape index (κ2) is 12.0. The van der Waals surface area contributed by atoms with Crippen LogP contribution in [0.3, 0.4) is 0 Å². The van der Waals surface area contributed by atoms with Gasteiger partial charge in [0, 0.05) is 68.4 Å². The van der Waals surface area contributed by atoms with Crippen molar-refractivity contribution in [3.63, 3.8) is 0 Å². The third-order valence-electron chi connectivity index (χ3n) is 6.95. The molecule has 1 saturated heterocycles. The number of aromatic hydroxyl groups is 1. The fourth-order valence-electron chi connectivity index (χ4n) is 4.83. The number of phenols is 1. The number of carbonyl (C=O) groups is 1. The molecule has 9 nitrogen and oxygen atoms in total. The summed E-state index contributed by atoms with van der Waals surface area (Å²) in [5.74, 6) is -0.600. The summed E-state index contributed by atoms with van der Waals surface area (Å²) in [4.78, 5) is 22.1. The van der Waals surface area contributed by atoms with Crippen LogP contribution in [0.5, 0.6) is 5.75 Å². The third kappa shape index (κ3) is 5.79. The second-order valence-corrected chi connectivity index (χ2v) is 10.3. The summed E-state index contributed by atoms with van der Waals surface area (Å²) in [7, 11) is 3.84. The lowest BCUT2D eigenvalue weighted by Gasteiger charge is -2.31. The molecule has 0 unspecified atom stereocenters. The highest BCUT2D eigenvalue weighted by molar-refractivity contribution is 6.34. The number of anilines is 2. The van der Waals surface area contributed by atoms with E-state index in [9.17, 15) is 9.90 Å². The number of carbonyl (C=O) groups excluding carboxylic acids is 1. The molecule has 11 heteroatoms. The lowest BCUT2D eigenvalue weighted by molar-refractivity contribution is -0.107. The molecule has 208 valence electrons. The van der Waals surface area contributed by atoms with Gasteiger partial charge in [-0.1, -0.05) is 17.7 Å². The van der Waals surface area contributed by atoms with E-state index >= 15 is 4.39 Å². The van der Waals surface area contributed by atoms with E-state index in [0.29, 0.717) is 40.5 Å². The van der Waals surface area contributed by atoms with Crippen molar-refractivity contribution in [2.75, 3.05) is 63.2 Å². The van der Waals surface area contributed by atoms with Gasteiger partial charge in [-0.25, -0.2) is 4.39 Å². The average molecular weight is 564 g/mol. The molecule has 0 atom stereocenters. The first-order valence-corrected chi connectivity index (χ1v) is 13.4. The van der Waals surface area contributed by atoms with Crippen molar-refractivity contribution in [1.29, 1.82) is 0 Å². The minimum atomic E-state index is -0.509. The van der Waals surface area contributed by atoms with Crippen molar-refractivity contribution >= 4 is 29.4 Å². The summed E-state index contributed by atoms with van der Waals surface area (Å²) in [6.45, 7) is 4.34. The van der Waals surface area contributed by atoms with Crippen LogP contribution in [-0.2, 0) is 4.79 Å². The Hall–Kier alpha value is -3.99. The number of nitrogens with zero attached hydrogens (tertiary/aromatic N) is 5. The molecule has 0 bridgehead atoms. The normalized spacial score (nSPS) is 13.6. The number of aromatic amines is 1. The predicted molar refractivity (Wildman–Crippen MR) is 156 cm³/mol. The van der Waals surface area contributed by atoms with E-state index in [1.54, 1.807) is 30.6 Å². The number of piperazine rings is 1. The predicted octanol–water partition coefficient (Wildman–Crippen LogP) is 4.24. The summed E-state index contributed by atoms with van der Waals surface area (Å²) >= 11 is 6.57. The average Bonchev–Trinajstić information content (AvgIpc) is 3.50. The summed E-state index contributed by atoms with van der Waals surface area (Å²) < 4.78 is 15.0. The fraction of sp³-hybridized carbons (Fsp3) is 0.276. The highest BCUT2D eigenvalue weighted by atomic mass is 35.5. The number of hydrogen-bond donors (Lipinski definition) is 3. The van der Waals surface area contributed by atoms with Crippen LogP contribution in [0.2, 0.25) is 5.02 Å². The smallest absolute Gasteiger partial charge is 0.214 e. The van der Waals surface area contributed by atoms with Crippen LogP contribution in [0.4, 0.5) is 15.8 Å². The number of amides is 1. The monoisotopic (exact) mass is 563 g/mol. The molecule has 3 N–H and O–H groups in total. The number of H-pyrrole nitrogens is 1. The van der Waals surface area contributed by atoms with Gasteiger partial charge >= 0.3 is 0 Å². The molecule has 0 saturated carbocycles. The Kier molecular flexibility index (Phi) is 8.29. The first-order chi connectivity index (χ1) is 19.4. The van der Waals surface area contributed by atoms with E-state index in [4.69, 9.17) is 16.6 Å². The van der Waals surface area contributed by atoms with Gasteiger partial charge in [-0.3, -0.25) is 14.9 Å². The molecule has 1 fully saturated rings. The van der Waals surface area contributed by atoms with Gasteiger partial charge in [-0.2, -0.15) is 5.10 Å². The van der Waals surface area contributed by atoms with Crippen LogP contribution in [0.1, 0.15) is 0 Å². The van der Waals surface area contributed by atoms with E-state index in [1.165, 1.54) is 17.0 Å². The molecule has 0 spiro atoms. The van der Waals surface area contributed by atoms with E-state index in [0.717, 1.165) is 49.7 Å². The number of nitrogens with one attached hydrogen (secondary N) is 2. The summed E-state index contributed by atoms with van der Waals surface area (Å²) in [6, 6.07) is 11.4. The molecule has 40 heavy (non-hydrogen) atoms. The van der Waals surface area contributed by atoms with Gasteiger partial charge in [0.05, 0.1) is 22.1 Å². The molecule has 2 aromatic carbocycles. The lowest BCUT2D eigenvalue weighted by atomic mass is 9.96. The second-order valence-electron chi connectivity index (χ2n) is 9.92. The van der Waals surface area contributed by atoms with Crippen molar-refractivity contribution < 1.29 is 14.3 Å². The minimum Gasteiger partial charge on any atom is -0.507 e. The number of hydrogen-bond acceptors (Lipinski definition) is 7. The standard InChI is InChI=1S/C29H31ClFN7O2/c1-36(2)11-12-38(18-39)26-4-3-19(13-24(26)30)22-15-21(31)16-23(29(22)40)20-14-27(37-9-7-32-8-10-37)28(33-17-20)25-5-6-34-35-25/h3-6,13-18,32,40H,7-12H2,1-2H3,(H,34,35). The highest BCUT2D eigenvalue weighted by Gasteiger charge is 2.21. The third-order valence-corrected chi connectivity index (χ3v) is 7.25. The van der Waals surface area contributed by atoms with Crippen molar-refractivity contribution in [1.82, 2.24) is 25.4 Å². The van der Waals surface area contributed by atoms with Crippen LogP contribution >= 0.6 is 11.6 Å². The zero-order valence-electron chi connectivity index (χ0n) is 22.4. The van der Waals surface area contributed by atoms with Crippen molar-refractivity contribution in [3.05, 3.63) is 65.7 Å². The van der Waals surface area contributed by atoms with Gasteiger partial charge in [0.2, 0.25) is 6.41 Å². The number of aromatic nitrogens is 3. The molecular formula is C29H31ClFN7O2. The van der Waals surface area contributed by atoms with Crippen molar-refractivity contribution in [2.45, 2.75) is 0 Å². The maximum atomic E-state index is 15.0. The van der Waals surface area contributed by atoms with Gasteiger partial charge in [0.1, 0.15) is 17.3 Å². The van der Waals surface area contributed by atoms with Gasteiger partial charge in [-0.05, 0) is 56.1 Å². The summed E-state index contributed by atoms with van der Waals surface area (Å²) in [5.41, 5.74) is 4.62. The minimum absolute atomic E-state index is 0.0904. The lowest BCUT2D eigenvalue weighted by Crippen LogP contribution is -2.43. The molecule has 0 radical (unpaired) electrons. The molecule has 5 rings (SSSR count). The summed E-state index contributed by atoms with van der Waals surface area (Å²) in [5, 5.41) is 22.1. The van der Waals surface area contributed by atoms with Gasteiger partial charge in [0.25, 0.3) is 0 Å². The molecular weight excluding hydrogens is 533 g/mol. The topological polar surface area (TPSA) is 101 Å². The molecule has 0 aliphatic carbocycles. The number of pyridine rings is 1. The van der Waals surface area contributed by atoms with Crippen LogP contribution < -0.4 is 15.1 Å². The van der Waals surface area contributed by atoms with Crippen LogP contribution in [-0.4, -0.2) is 85.0 Å². The van der Waals surface area contributed by atoms with E-state index in [2.05, 4.69) is 20.4 Å². The van der Waals surface area contributed by atoms with E-state index in [-0.39, 0.29) is 11.3 Å². The Morgan fingerprint density at radius 2 is 1.82 bits per heavy atom. The zero-order valence-corrected chi connectivity index (χ0v) is 23.1. The van der Waals surface area contributed by atoms with Crippen molar-refractivity contribution in [2.24, 2.45) is 0 Å². The van der Waals surface area contributed by atoms with Crippen LogP contribution in [0.15, 0.2) is 54.9 Å². The van der Waals surface area contributed by atoms with Gasteiger partial charge in [0.15, 0.2) is 0 Å². The number of phenolic OH excluding ortho intramolecular Hbond substituents is 1. The van der Waals surface area contributed by atoms with Crippen LogP contribution in [0.25, 0.3) is 33.6 Å². The van der Waals surface area contributed by atoms with Gasteiger partial charge in [-0.15, -0.1) is 0 Å². The molecule has 1 amide bonds. The fourth-order valence-corrected chi connectivity index (χ4v) is 5.12. The van der Waals surface area contributed by atoms with Crippen molar-refractivity contribution in [3.8, 4) is 39.4 Å². The number of halogens is 2. The Balaban J connectivity index is 1.54.